The van der Waals surface area contributed by atoms with Crippen LogP contribution in [0.5, 0.6) is 0 Å². The molecule has 0 spiro atoms. The van der Waals surface area contributed by atoms with Gasteiger partial charge in [-0.25, -0.2) is 0 Å². The Kier molecular flexibility index (Phi) is 11.4. The second kappa shape index (κ2) is 9.67. The van der Waals surface area contributed by atoms with E-state index in [0.29, 0.717) is 5.04 Å². The predicted octanol–water partition coefficient (Wildman–Crippen LogP) is 2.19. The van der Waals surface area contributed by atoms with Crippen molar-refractivity contribution in [2.45, 2.75) is 77.4 Å². The van der Waals surface area contributed by atoms with E-state index < -0.39 is 8.32 Å². The first-order chi connectivity index (χ1) is 7.31. The van der Waals surface area contributed by atoms with Gasteiger partial charge < -0.3 is 11.3 Å². The molecule has 0 rings (SSSR count). The van der Waals surface area contributed by atoms with Crippen molar-refractivity contribution in [3.05, 3.63) is 6.92 Å². The minimum absolute atomic E-state index is 0. The maximum absolute atomic E-state index is 6.13. The molecule has 0 aliphatic heterocycles. The Bertz CT molecular complexity index is 176. The van der Waals surface area contributed by atoms with Gasteiger partial charge in [0.05, 0.1) is 0 Å². The van der Waals surface area contributed by atoms with Gasteiger partial charge in [-0.1, -0.05) is 46.5 Å². The van der Waals surface area contributed by atoms with Crippen LogP contribution in [0.15, 0.2) is 0 Å². The van der Waals surface area contributed by atoms with Crippen molar-refractivity contribution in [3.63, 3.8) is 0 Å². The summed E-state index contributed by atoms with van der Waals surface area (Å²) in [5, 5.41) is 0.348. The summed E-state index contributed by atoms with van der Waals surface area (Å²) in [5.41, 5.74) is 0. The van der Waals surface area contributed by atoms with E-state index in [1.54, 1.807) is 0 Å². The molecular formula is C14H31LiOSi. The zero-order valence-corrected chi connectivity index (χ0v) is 14.1. The van der Waals surface area contributed by atoms with E-state index in [-0.39, 0.29) is 18.9 Å². The first-order valence-corrected chi connectivity index (χ1v) is 9.65. The summed E-state index contributed by atoms with van der Waals surface area (Å²) in [7, 11) is -1.49. The Labute approximate surface area is 122 Å². The summed E-state index contributed by atoms with van der Waals surface area (Å²) in [5.74, 6) is 0. The average molecular weight is 250 g/mol. The van der Waals surface area contributed by atoms with Gasteiger partial charge in [0.2, 0.25) is 0 Å². The van der Waals surface area contributed by atoms with Crippen LogP contribution in [-0.2, 0) is 4.43 Å². The van der Waals surface area contributed by atoms with Crippen molar-refractivity contribution in [1.82, 2.24) is 0 Å². The van der Waals surface area contributed by atoms with Gasteiger partial charge in [-0.2, -0.15) is 6.42 Å². The fourth-order valence-electron chi connectivity index (χ4n) is 1.35. The van der Waals surface area contributed by atoms with Gasteiger partial charge in [-0.3, -0.25) is 0 Å². The van der Waals surface area contributed by atoms with Crippen LogP contribution in [0.4, 0.5) is 0 Å². The smallest absolute Gasteiger partial charge is 0.417 e. The summed E-state index contributed by atoms with van der Waals surface area (Å²) in [6, 6.07) is 0. The fourth-order valence-corrected chi connectivity index (χ4v) is 2.44. The van der Waals surface area contributed by atoms with Gasteiger partial charge in [0.25, 0.3) is 0 Å². The summed E-state index contributed by atoms with van der Waals surface area (Å²) in [4.78, 5) is 0. The molecule has 1 nitrogen and oxygen atoms in total. The van der Waals surface area contributed by atoms with Crippen LogP contribution < -0.4 is 18.9 Å². The third-order valence-electron chi connectivity index (χ3n) is 3.66. The number of rotatable bonds is 8. The Morgan fingerprint density at radius 3 is 1.88 bits per heavy atom. The van der Waals surface area contributed by atoms with Crippen molar-refractivity contribution in [2.75, 3.05) is 6.61 Å². The molecule has 0 radical (unpaired) electrons. The van der Waals surface area contributed by atoms with Crippen molar-refractivity contribution in [2.24, 2.45) is 0 Å². The minimum Gasteiger partial charge on any atom is -0.417 e. The Morgan fingerprint density at radius 1 is 0.941 bits per heavy atom. The van der Waals surface area contributed by atoms with E-state index in [1.807, 2.05) is 0 Å². The maximum Gasteiger partial charge on any atom is 1.00 e. The molecule has 0 aromatic heterocycles. The van der Waals surface area contributed by atoms with Crippen LogP contribution in [0.2, 0.25) is 18.1 Å². The number of unbranched alkanes of at least 4 members (excludes halogenated alkanes) is 5. The summed E-state index contributed by atoms with van der Waals surface area (Å²) >= 11 is 0. The third-order valence-corrected chi connectivity index (χ3v) is 8.20. The Hall–Kier alpha value is 0.774. The van der Waals surface area contributed by atoms with Crippen LogP contribution in [0, 0.1) is 6.92 Å². The van der Waals surface area contributed by atoms with E-state index >= 15 is 0 Å². The maximum atomic E-state index is 6.13. The number of hydrogen-bond donors (Lipinski definition) is 0. The molecule has 0 bridgehead atoms. The van der Waals surface area contributed by atoms with Crippen molar-refractivity contribution in [3.8, 4) is 0 Å². The molecule has 0 atom stereocenters. The van der Waals surface area contributed by atoms with E-state index in [9.17, 15) is 0 Å². The molecule has 17 heavy (non-hydrogen) atoms. The van der Waals surface area contributed by atoms with Crippen LogP contribution in [0.25, 0.3) is 0 Å². The molecule has 3 heteroatoms. The van der Waals surface area contributed by atoms with Crippen molar-refractivity contribution < 1.29 is 23.3 Å². The van der Waals surface area contributed by atoms with E-state index in [0.717, 1.165) is 13.0 Å². The second-order valence-electron chi connectivity index (χ2n) is 6.23. The van der Waals surface area contributed by atoms with Gasteiger partial charge in [0, 0.05) is 6.61 Å². The van der Waals surface area contributed by atoms with Gasteiger partial charge in [-0.05, 0) is 24.6 Å². The summed E-state index contributed by atoms with van der Waals surface area (Å²) in [6.45, 7) is 16.4. The topological polar surface area (TPSA) is 9.23 Å². The SMILES string of the molecule is [CH2-]CCCCCCCO[Si](C)(C)C(C)(C)C.[Li+]. The summed E-state index contributed by atoms with van der Waals surface area (Å²) < 4.78 is 6.13. The minimum atomic E-state index is -1.49. The van der Waals surface area contributed by atoms with Crippen molar-refractivity contribution in [1.29, 1.82) is 0 Å². The monoisotopic (exact) mass is 250 g/mol. The average Bonchev–Trinajstić information content (AvgIpc) is 2.14. The van der Waals surface area contributed by atoms with Gasteiger partial charge in [-0.15, -0.1) is 0 Å². The molecule has 0 N–H and O–H groups in total. The second-order valence-corrected chi connectivity index (χ2v) is 11.0. The van der Waals surface area contributed by atoms with E-state index in [4.69, 9.17) is 4.43 Å². The molecule has 0 aliphatic rings. The van der Waals surface area contributed by atoms with E-state index in [2.05, 4.69) is 40.8 Å². The fraction of sp³-hybridized carbons (Fsp3) is 0.929. The van der Waals surface area contributed by atoms with Crippen LogP contribution in [0.1, 0.15) is 59.3 Å². The zero-order chi connectivity index (χ0) is 12.7. The molecule has 98 valence electrons. The van der Waals surface area contributed by atoms with Crippen molar-refractivity contribution >= 4 is 8.32 Å². The largest absolute Gasteiger partial charge is 1.00 e. The molecule has 0 fully saturated rings. The molecule has 0 unspecified atom stereocenters. The van der Waals surface area contributed by atoms with Gasteiger partial charge >= 0.3 is 18.9 Å². The van der Waals surface area contributed by atoms with Crippen LogP contribution in [0.3, 0.4) is 0 Å². The normalized spacial score (nSPS) is 12.4. The molecule has 0 aromatic carbocycles. The first kappa shape index (κ1) is 20.1. The zero-order valence-electron chi connectivity index (χ0n) is 13.1. The quantitative estimate of drug-likeness (QED) is 0.364. The molecule has 0 aromatic rings. The molecule has 0 saturated heterocycles. The Balaban J connectivity index is 0. The molecular weight excluding hydrogens is 219 g/mol. The van der Waals surface area contributed by atoms with Gasteiger partial charge in [0.15, 0.2) is 8.32 Å². The Morgan fingerprint density at radius 2 is 1.41 bits per heavy atom. The first-order valence-electron chi connectivity index (χ1n) is 6.74. The third kappa shape index (κ3) is 9.36. The standard InChI is InChI=1S/C14H31OSi.Li/c1-7-8-9-10-11-12-13-15-16(5,6)14(2,3)4;/h1,7-13H2,2-6H3;/q-1;+1. The summed E-state index contributed by atoms with van der Waals surface area (Å²) in [6.07, 6.45) is 7.59. The number of hydrogen-bond acceptors (Lipinski definition) is 1. The van der Waals surface area contributed by atoms with E-state index in [1.165, 1.54) is 32.1 Å². The predicted molar refractivity (Wildman–Crippen MR) is 76.2 cm³/mol. The van der Waals surface area contributed by atoms with Crippen LogP contribution in [-0.4, -0.2) is 14.9 Å². The molecule has 0 saturated carbocycles. The molecule has 0 amide bonds. The molecule has 0 heterocycles. The molecule has 0 aliphatic carbocycles. The van der Waals surface area contributed by atoms with Crippen LogP contribution >= 0.6 is 0 Å². The van der Waals surface area contributed by atoms with Gasteiger partial charge in [0.1, 0.15) is 0 Å².